The van der Waals surface area contributed by atoms with Crippen LogP contribution in [0.25, 0.3) is 22.3 Å². The normalized spacial score (nSPS) is 11.5. The van der Waals surface area contributed by atoms with Crippen LogP contribution in [0.15, 0.2) is 60.9 Å². The minimum absolute atomic E-state index is 0.123. The van der Waals surface area contributed by atoms with Gasteiger partial charge in [-0.3, -0.25) is 9.78 Å². The highest BCUT2D eigenvalue weighted by Gasteiger charge is 2.19. The number of nitrogens with zero attached hydrogens (tertiary/aromatic N) is 5. The van der Waals surface area contributed by atoms with Crippen LogP contribution in [0, 0.1) is 0 Å². The van der Waals surface area contributed by atoms with Crippen molar-refractivity contribution in [2.24, 2.45) is 0 Å². The molecule has 0 aliphatic rings. The Morgan fingerprint density at radius 3 is 2.74 bits per heavy atom. The number of benzene rings is 1. The van der Waals surface area contributed by atoms with Crippen LogP contribution in [-0.2, 0) is 13.1 Å². The van der Waals surface area contributed by atoms with E-state index in [1.807, 2.05) is 28.9 Å². The molecule has 0 unspecified atom stereocenters. The summed E-state index contributed by atoms with van der Waals surface area (Å²) in [6.07, 6.45) is 5.83. The second-order valence-corrected chi connectivity index (χ2v) is 9.27. The molecule has 1 amide bonds. The van der Waals surface area contributed by atoms with Crippen LogP contribution in [0.1, 0.15) is 61.3 Å². The van der Waals surface area contributed by atoms with Gasteiger partial charge in [0.15, 0.2) is 5.65 Å². The smallest absolute Gasteiger partial charge is 0.252 e. The summed E-state index contributed by atoms with van der Waals surface area (Å²) in [4.78, 5) is 24.9. The quantitative estimate of drug-likeness (QED) is 0.343. The maximum absolute atomic E-state index is 13.3. The number of pyridine rings is 2. The lowest BCUT2D eigenvalue weighted by Gasteiger charge is -2.17. The fourth-order valence-corrected chi connectivity index (χ4v) is 4.15. The number of carbonyl (C=O) groups is 1. The standard InChI is InChI=1S/C28H34N6O/c1-5-6-14-33(4)19-21-10-9-11-22(15-21)26-16-24(25-18-31-34(20(2)3)27(25)32-26)28(35)30-17-23-12-7-8-13-29-23/h7-13,15-16,18,20H,5-6,14,17,19H2,1-4H3,(H,30,35). The summed E-state index contributed by atoms with van der Waals surface area (Å²) < 4.78 is 1.87. The molecule has 0 fully saturated rings. The Morgan fingerprint density at radius 1 is 1.14 bits per heavy atom. The maximum atomic E-state index is 13.3. The summed E-state index contributed by atoms with van der Waals surface area (Å²) in [5.41, 5.74) is 5.07. The molecule has 0 saturated heterocycles. The molecule has 0 aliphatic heterocycles. The van der Waals surface area contributed by atoms with Gasteiger partial charge in [0.1, 0.15) is 0 Å². The summed E-state index contributed by atoms with van der Waals surface area (Å²) in [7, 11) is 2.15. The molecule has 182 valence electrons. The fourth-order valence-electron chi connectivity index (χ4n) is 4.15. The Balaban J connectivity index is 1.68. The van der Waals surface area contributed by atoms with Crippen LogP contribution in [0.4, 0.5) is 0 Å². The molecule has 35 heavy (non-hydrogen) atoms. The predicted molar refractivity (Wildman–Crippen MR) is 140 cm³/mol. The van der Waals surface area contributed by atoms with E-state index in [0.717, 1.165) is 35.4 Å². The Labute approximate surface area is 207 Å². The number of hydrogen-bond acceptors (Lipinski definition) is 5. The van der Waals surface area contributed by atoms with E-state index >= 15 is 0 Å². The third kappa shape index (κ3) is 5.92. The van der Waals surface area contributed by atoms with Crippen molar-refractivity contribution in [2.45, 2.75) is 52.7 Å². The van der Waals surface area contributed by atoms with Gasteiger partial charge < -0.3 is 10.2 Å². The van der Waals surface area contributed by atoms with E-state index in [-0.39, 0.29) is 11.9 Å². The van der Waals surface area contributed by atoms with E-state index in [1.165, 1.54) is 18.4 Å². The predicted octanol–water partition coefficient (Wildman–Crippen LogP) is 5.24. The minimum Gasteiger partial charge on any atom is -0.346 e. The Bertz CT molecular complexity index is 1280. The second kappa shape index (κ2) is 11.2. The highest BCUT2D eigenvalue weighted by molar-refractivity contribution is 6.06. The molecule has 4 aromatic rings. The van der Waals surface area contributed by atoms with Crippen molar-refractivity contribution in [3.63, 3.8) is 0 Å². The van der Waals surface area contributed by atoms with Crippen molar-refractivity contribution >= 4 is 16.9 Å². The van der Waals surface area contributed by atoms with Crippen LogP contribution < -0.4 is 5.32 Å². The maximum Gasteiger partial charge on any atom is 0.252 e. The number of amides is 1. The monoisotopic (exact) mass is 470 g/mol. The van der Waals surface area contributed by atoms with Crippen molar-refractivity contribution in [1.82, 2.24) is 30.0 Å². The Kier molecular flexibility index (Phi) is 7.87. The third-order valence-corrected chi connectivity index (χ3v) is 6.03. The summed E-state index contributed by atoms with van der Waals surface area (Å²) in [5, 5.41) is 8.29. The van der Waals surface area contributed by atoms with Crippen LogP contribution >= 0.6 is 0 Å². The van der Waals surface area contributed by atoms with Crippen LogP contribution in [0.5, 0.6) is 0 Å². The molecule has 0 saturated carbocycles. The SMILES string of the molecule is CCCCN(C)Cc1cccc(-c2cc(C(=O)NCc3ccccn3)c3cnn(C(C)C)c3n2)c1. The first-order valence-corrected chi connectivity index (χ1v) is 12.3. The van der Waals surface area contributed by atoms with E-state index in [9.17, 15) is 4.79 Å². The zero-order valence-electron chi connectivity index (χ0n) is 21.0. The summed E-state index contributed by atoms with van der Waals surface area (Å²) >= 11 is 0. The van der Waals surface area contributed by atoms with Gasteiger partial charge in [0.05, 0.1) is 35.1 Å². The lowest BCUT2D eigenvalue weighted by molar-refractivity contribution is 0.0952. The molecule has 7 nitrogen and oxygen atoms in total. The number of carbonyl (C=O) groups excluding carboxylic acids is 1. The molecule has 1 N–H and O–H groups in total. The second-order valence-electron chi connectivity index (χ2n) is 9.27. The van der Waals surface area contributed by atoms with Crippen molar-refractivity contribution < 1.29 is 4.79 Å². The number of fused-ring (bicyclic) bond motifs is 1. The molecule has 0 atom stereocenters. The van der Waals surface area contributed by atoms with Gasteiger partial charge in [0, 0.05) is 24.3 Å². The fraction of sp³-hybridized carbons (Fsp3) is 0.357. The van der Waals surface area contributed by atoms with Crippen LogP contribution in [-0.4, -0.2) is 44.1 Å². The molecular weight excluding hydrogens is 436 g/mol. The summed E-state index contributed by atoms with van der Waals surface area (Å²) in [5.74, 6) is -0.164. The largest absolute Gasteiger partial charge is 0.346 e. The first kappa shape index (κ1) is 24.5. The molecule has 0 aliphatic carbocycles. The van der Waals surface area contributed by atoms with Gasteiger partial charge in [0.25, 0.3) is 5.91 Å². The molecular formula is C28H34N6O. The molecule has 1 aromatic carbocycles. The first-order chi connectivity index (χ1) is 17.0. The van der Waals surface area contributed by atoms with E-state index in [0.29, 0.717) is 17.8 Å². The number of hydrogen-bond donors (Lipinski definition) is 1. The highest BCUT2D eigenvalue weighted by atomic mass is 16.1. The molecule has 3 aromatic heterocycles. The molecule has 0 spiro atoms. The van der Waals surface area contributed by atoms with E-state index in [2.05, 4.69) is 72.4 Å². The van der Waals surface area contributed by atoms with E-state index < -0.39 is 0 Å². The van der Waals surface area contributed by atoms with Gasteiger partial charge in [-0.2, -0.15) is 5.10 Å². The minimum atomic E-state index is -0.164. The van der Waals surface area contributed by atoms with Crippen LogP contribution in [0.2, 0.25) is 0 Å². The van der Waals surface area contributed by atoms with Gasteiger partial charge in [0.2, 0.25) is 0 Å². The molecule has 0 radical (unpaired) electrons. The average molecular weight is 471 g/mol. The van der Waals surface area contributed by atoms with Crippen LogP contribution in [0.3, 0.4) is 0 Å². The van der Waals surface area contributed by atoms with Gasteiger partial charge in [-0.25, -0.2) is 9.67 Å². The summed E-state index contributed by atoms with van der Waals surface area (Å²) in [6.45, 7) is 8.64. The Hall–Kier alpha value is -3.58. The van der Waals surface area contributed by atoms with E-state index in [4.69, 9.17) is 4.98 Å². The third-order valence-electron chi connectivity index (χ3n) is 6.03. The van der Waals surface area contributed by atoms with Gasteiger partial charge >= 0.3 is 0 Å². The number of rotatable bonds is 10. The molecule has 3 heterocycles. The van der Waals surface area contributed by atoms with E-state index in [1.54, 1.807) is 12.4 Å². The zero-order valence-corrected chi connectivity index (χ0v) is 21.0. The van der Waals surface area contributed by atoms with Crippen molar-refractivity contribution in [3.05, 3.63) is 77.7 Å². The van der Waals surface area contributed by atoms with Crippen molar-refractivity contribution in [1.29, 1.82) is 0 Å². The lowest BCUT2D eigenvalue weighted by atomic mass is 10.0. The number of unbranched alkanes of at least 4 members (excludes halogenated alkanes) is 1. The topological polar surface area (TPSA) is 75.9 Å². The number of nitrogens with one attached hydrogen (secondary N) is 1. The zero-order chi connectivity index (χ0) is 24.8. The highest BCUT2D eigenvalue weighted by Crippen LogP contribution is 2.27. The molecule has 0 bridgehead atoms. The molecule has 7 heteroatoms. The molecule has 4 rings (SSSR count). The van der Waals surface area contributed by atoms with Gasteiger partial charge in [-0.15, -0.1) is 0 Å². The van der Waals surface area contributed by atoms with Gasteiger partial charge in [-0.1, -0.05) is 37.6 Å². The average Bonchev–Trinajstić information content (AvgIpc) is 3.31. The van der Waals surface area contributed by atoms with Crippen molar-refractivity contribution in [3.8, 4) is 11.3 Å². The lowest BCUT2D eigenvalue weighted by Crippen LogP contribution is -2.23. The number of aromatic nitrogens is 4. The van der Waals surface area contributed by atoms with Gasteiger partial charge in [-0.05, 0) is 63.7 Å². The van der Waals surface area contributed by atoms with Crippen molar-refractivity contribution in [2.75, 3.05) is 13.6 Å². The Morgan fingerprint density at radius 2 is 2.00 bits per heavy atom. The summed E-state index contributed by atoms with van der Waals surface area (Å²) in [6, 6.07) is 16.1. The first-order valence-electron chi connectivity index (χ1n) is 12.3.